The average Bonchev–Trinajstić information content (AvgIpc) is 2.83. The maximum Gasteiger partial charge on any atom is 0.0693 e. The van der Waals surface area contributed by atoms with Crippen LogP contribution in [0.25, 0.3) is 0 Å². The fourth-order valence-electron chi connectivity index (χ4n) is 2.18. The number of nitrogens with one attached hydrogen (secondary N) is 1. The number of rotatable bonds is 4. The molecule has 1 saturated carbocycles. The summed E-state index contributed by atoms with van der Waals surface area (Å²) in [5.41, 5.74) is 1.19. The molecule has 1 aliphatic carbocycles. The first-order valence-electron chi connectivity index (χ1n) is 6.11. The van der Waals surface area contributed by atoms with Crippen molar-refractivity contribution in [3.63, 3.8) is 0 Å². The molecule has 0 aliphatic heterocycles. The lowest BCUT2D eigenvalue weighted by molar-refractivity contribution is 0.148. The van der Waals surface area contributed by atoms with Crippen molar-refractivity contribution in [3.8, 4) is 0 Å². The number of nitrogens with zero attached hydrogens (tertiary/aromatic N) is 2. The van der Waals surface area contributed by atoms with Crippen LogP contribution >= 0.6 is 0 Å². The molecule has 1 fully saturated rings. The van der Waals surface area contributed by atoms with E-state index in [4.69, 9.17) is 0 Å². The SMILES string of the molecule is CC(C)n1cc(CNC2CCCC2O)cn1. The van der Waals surface area contributed by atoms with Gasteiger partial charge in [-0.2, -0.15) is 5.10 Å². The van der Waals surface area contributed by atoms with Gasteiger partial charge in [-0.15, -0.1) is 0 Å². The van der Waals surface area contributed by atoms with E-state index in [0.29, 0.717) is 6.04 Å². The van der Waals surface area contributed by atoms with E-state index in [0.717, 1.165) is 25.8 Å². The summed E-state index contributed by atoms with van der Waals surface area (Å²) in [6.45, 7) is 5.03. The predicted molar refractivity (Wildman–Crippen MR) is 63.1 cm³/mol. The van der Waals surface area contributed by atoms with Gasteiger partial charge in [-0.1, -0.05) is 0 Å². The summed E-state index contributed by atoms with van der Waals surface area (Å²) in [4.78, 5) is 0. The Labute approximate surface area is 96.7 Å². The lowest BCUT2D eigenvalue weighted by Gasteiger charge is -2.15. The monoisotopic (exact) mass is 223 g/mol. The molecule has 2 unspecified atom stereocenters. The molecule has 2 atom stereocenters. The fraction of sp³-hybridized carbons (Fsp3) is 0.750. The molecule has 2 rings (SSSR count). The van der Waals surface area contributed by atoms with E-state index < -0.39 is 0 Å². The van der Waals surface area contributed by atoms with Crippen LogP contribution in [0.5, 0.6) is 0 Å². The number of aliphatic hydroxyl groups excluding tert-OH is 1. The zero-order valence-corrected chi connectivity index (χ0v) is 10.1. The highest BCUT2D eigenvalue weighted by molar-refractivity contribution is 5.04. The largest absolute Gasteiger partial charge is 0.392 e. The Morgan fingerprint density at radius 3 is 2.94 bits per heavy atom. The molecule has 0 saturated heterocycles. The van der Waals surface area contributed by atoms with E-state index in [9.17, 15) is 5.11 Å². The Balaban J connectivity index is 1.84. The highest BCUT2D eigenvalue weighted by Gasteiger charge is 2.24. The zero-order chi connectivity index (χ0) is 11.5. The van der Waals surface area contributed by atoms with Crippen LogP contribution < -0.4 is 5.32 Å². The van der Waals surface area contributed by atoms with E-state index in [2.05, 4.69) is 30.5 Å². The normalized spacial score (nSPS) is 25.5. The Kier molecular flexibility index (Phi) is 3.61. The number of aliphatic hydroxyl groups is 1. The highest BCUT2D eigenvalue weighted by Crippen LogP contribution is 2.19. The molecule has 1 aromatic heterocycles. The van der Waals surface area contributed by atoms with Gasteiger partial charge >= 0.3 is 0 Å². The van der Waals surface area contributed by atoms with Gasteiger partial charge < -0.3 is 10.4 Å². The van der Waals surface area contributed by atoms with Crippen LogP contribution in [0.2, 0.25) is 0 Å². The van der Waals surface area contributed by atoms with Crippen LogP contribution in [-0.2, 0) is 6.54 Å². The number of hydrogen-bond donors (Lipinski definition) is 2. The van der Waals surface area contributed by atoms with E-state index in [1.165, 1.54) is 5.56 Å². The molecule has 0 radical (unpaired) electrons. The molecule has 0 spiro atoms. The summed E-state index contributed by atoms with van der Waals surface area (Å²) in [6.07, 6.45) is 6.94. The van der Waals surface area contributed by atoms with Gasteiger partial charge in [-0.3, -0.25) is 4.68 Å². The van der Waals surface area contributed by atoms with Crippen molar-refractivity contribution in [2.45, 2.75) is 57.8 Å². The first-order valence-corrected chi connectivity index (χ1v) is 6.11. The Morgan fingerprint density at radius 1 is 1.56 bits per heavy atom. The highest BCUT2D eigenvalue weighted by atomic mass is 16.3. The summed E-state index contributed by atoms with van der Waals surface area (Å²) in [5.74, 6) is 0. The smallest absolute Gasteiger partial charge is 0.0693 e. The third-order valence-electron chi connectivity index (χ3n) is 3.23. The maximum absolute atomic E-state index is 9.68. The standard InChI is InChI=1S/C12H21N3O/c1-9(2)15-8-10(7-14-15)6-13-11-4-3-5-12(11)16/h7-9,11-13,16H,3-6H2,1-2H3. The molecule has 1 aromatic rings. The quantitative estimate of drug-likeness (QED) is 0.812. The van der Waals surface area contributed by atoms with Gasteiger partial charge in [0.25, 0.3) is 0 Å². The van der Waals surface area contributed by atoms with Crippen molar-refractivity contribution >= 4 is 0 Å². The molecular weight excluding hydrogens is 202 g/mol. The minimum absolute atomic E-state index is 0.167. The molecule has 2 N–H and O–H groups in total. The van der Waals surface area contributed by atoms with Crippen molar-refractivity contribution in [1.82, 2.24) is 15.1 Å². The summed E-state index contributed by atoms with van der Waals surface area (Å²) in [5, 5.41) is 17.4. The zero-order valence-electron chi connectivity index (χ0n) is 10.1. The van der Waals surface area contributed by atoms with Gasteiger partial charge in [-0.05, 0) is 33.1 Å². The second-order valence-electron chi connectivity index (χ2n) is 4.91. The molecule has 0 bridgehead atoms. The van der Waals surface area contributed by atoms with Crippen molar-refractivity contribution in [3.05, 3.63) is 18.0 Å². The van der Waals surface area contributed by atoms with Crippen molar-refractivity contribution in [2.75, 3.05) is 0 Å². The lowest BCUT2D eigenvalue weighted by Crippen LogP contribution is -2.34. The lowest BCUT2D eigenvalue weighted by atomic mass is 10.2. The van der Waals surface area contributed by atoms with Gasteiger partial charge in [0, 0.05) is 30.4 Å². The topological polar surface area (TPSA) is 50.1 Å². The average molecular weight is 223 g/mol. The van der Waals surface area contributed by atoms with E-state index in [-0.39, 0.29) is 12.1 Å². The molecule has 0 aromatic carbocycles. The van der Waals surface area contributed by atoms with Crippen molar-refractivity contribution in [1.29, 1.82) is 0 Å². The summed E-state index contributed by atoms with van der Waals surface area (Å²) < 4.78 is 1.96. The molecular formula is C12H21N3O. The Hall–Kier alpha value is -0.870. The van der Waals surface area contributed by atoms with E-state index in [1.54, 1.807) is 0 Å². The third-order valence-corrected chi connectivity index (χ3v) is 3.23. The van der Waals surface area contributed by atoms with Gasteiger partial charge in [0.2, 0.25) is 0 Å². The van der Waals surface area contributed by atoms with Crippen molar-refractivity contribution in [2.24, 2.45) is 0 Å². The number of hydrogen-bond acceptors (Lipinski definition) is 3. The maximum atomic E-state index is 9.68. The van der Waals surface area contributed by atoms with Crippen molar-refractivity contribution < 1.29 is 5.11 Å². The minimum atomic E-state index is -0.167. The summed E-state index contributed by atoms with van der Waals surface area (Å²) in [6, 6.07) is 0.674. The second-order valence-corrected chi connectivity index (χ2v) is 4.91. The van der Waals surface area contributed by atoms with Gasteiger partial charge in [0.1, 0.15) is 0 Å². The van der Waals surface area contributed by atoms with Gasteiger partial charge in [-0.25, -0.2) is 0 Å². The first kappa shape index (κ1) is 11.6. The fourth-order valence-corrected chi connectivity index (χ4v) is 2.18. The second kappa shape index (κ2) is 4.97. The Morgan fingerprint density at radius 2 is 2.38 bits per heavy atom. The molecule has 1 heterocycles. The summed E-state index contributed by atoms with van der Waals surface area (Å²) >= 11 is 0. The molecule has 0 amide bonds. The Bertz CT molecular complexity index is 335. The minimum Gasteiger partial charge on any atom is -0.392 e. The van der Waals surface area contributed by atoms with Gasteiger partial charge in [0.05, 0.1) is 12.3 Å². The van der Waals surface area contributed by atoms with Crippen LogP contribution in [0.15, 0.2) is 12.4 Å². The number of aromatic nitrogens is 2. The van der Waals surface area contributed by atoms with Crippen LogP contribution in [0.3, 0.4) is 0 Å². The van der Waals surface area contributed by atoms with Crippen LogP contribution in [0, 0.1) is 0 Å². The van der Waals surface area contributed by atoms with Crippen LogP contribution in [0.1, 0.15) is 44.7 Å². The van der Waals surface area contributed by atoms with Crippen LogP contribution in [0.4, 0.5) is 0 Å². The third kappa shape index (κ3) is 2.62. The molecule has 90 valence electrons. The predicted octanol–water partition coefficient (Wildman–Crippen LogP) is 1.47. The molecule has 4 heteroatoms. The molecule has 1 aliphatic rings. The van der Waals surface area contributed by atoms with Crippen LogP contribution in [-0.4, -0.2) is 27.0 Å². The summed E-state index contributed by atoms with van der Waals surface area (Å²) in [7, 11) is 0. The first-order chi connectivity index (χ1) is 7.66. The molecule has 16 heavy (non-hydrogen) atoms. The van der Waals surface area contributed by atoms with Gasteiger partial charge in [0.15, 0.2) is 0 Å². The van der Waals surface area contributed by atoms with E-state index in [1.807, 2.05) is 10.9 Å². The van der Waals surface area contributed by atoms with E-state index >= 15 is 0 Å². The molecule has 4 nitrogen and oxygen atoms in total.